The molecule has 2 rings (SSSR count). The van der Waals surface area contributed by atoms with Gasteiger partial charge in [-0.1, -0.05) is 60.7 Å². The van der Waals surface area contributed by atoms with Crippen LogP contribution in [-0.4, -0.2) is 18.1 Å². The first-order chi connectivity index (χ1) is 9.40. The van der Waals surface area contributed by atoms with E-state index in [1.165, 1.54) is 5.56 Å². The quantitative estimate of drug-likeness (QED) is 0.552. The van der Waals surface area contributed by atoms with Crippen LogP contribution in [0.25, 0.3) is 6.08 Å². The Balaban J connectivity index is 2.05. The van der Waals surface area contributed by atoms with Gasteiger partial charge in [0, 0.05) is 24.1 Å². The minimum atomic E-state index is 0.264. The van der Waals surface area contributed by atoms with E-state index in [1.54, 1.807) is 0 Å². The van der Waals surface area contributed by atoms with Gasteiger partial charge in [-0.3, -0.25) is 4.99 Å². The van der Waals surface area contributed by atoms with Gasteiger partial charge in [0.15, 0.2) is 0 Å². The topological polar surface area (TPSA) is 12.4 Å². The van der Waals surface area contributed by atoms with Crippen LogP contribution in [0.4, 0.5) is 0 Å². The van der Waals surface area contributed by atoms with Crippen LogP contribution in [0.2, 0.25) is 0 Å². The molecule has 19 heavy (non-hydrogen) atoms. The molecule has 0 aromatic heterocycles. The fourth-order valence-corrected chi connectivity index (χ4v) is 2.03. The monoisotopic (exact) mass is 271 g/mol. The Bertz CT molecular complexity index is 497. The highest BCUT2D eigenvalue weighted by molar-refractivity contribution is 6.17. The summed E-state index contributed by atoms with van der Waals surface area (Å²) in [6.07, 6.45) is 13.6. The van der Waals surface area contributed by atoms with E-state index in [0.717, 1.165) is 18.7 Å². The molecule has 1 aromatic carbocycles. The normalized spacial score (nSPS) is 20.5. The van der Waals surface area contributed by atoms with Gasteiger partial charge in [0.05, 0.1) is 0 Å². The number of halogens is 1. The second-order valence-corrected chi connectivity index (χ2v) is 4.77. The standard InChI is InChI=1S/C17H18ClN/c18-13-6-14-19-17-10-5-4-9-16(17)12-11-15-7-2-1-3-8-15/h1-5,7-12,16H,6,13-14H2. The molecule has 0 fully saturated rings. The predicted molar refractivity (Wildman–Crippen MR) is 84.9 cm³/mol. The molecular weight excluding hydrogens is 254 g/mol. The lowest BCUT2D eigenvalue weighted by Crippen LogP contribution is -2.10. The summed E-state index contributed by atoms with van der Waals surface area (Å²) < 4.78 is 0. The summed E-state index contributed by atoms with van der Waals surface area (Å²) in [6.45, 7) is 0.798. The van der Waals surface area contributed by atoms with Crippen LogP contribution in [0.1, 0.15) is 12.0 Å². The molecule has 0 spiro atoms. The fourth-order valence-electron chi connectivity index (χ4n) is 1.92. The van der Waals surface area contributed by atoms with Gasteiger partial charge in [0.2, 0.25) is 0 Å². The first-order valence-electron chi connectivity index (χ1n) is 6.58. The zero-order valence-corrected chi connectivity index (χ0v) is 11.6. The molecule has 1 aromatic rings. The highest BCUT2D eigenvalue weighted by Gasteiger charge is 2.08. The first-order valence-corrected chi connectivity index (χ1v) is 7.12. The average Bonchev–Trinajstić information content (AvgIpc) is 2.48. The van der Waals surface area contributed by atoms with Crippen LogP contribution in [0.3, 0.4) is 0 Å². The van der Waals surface area contributed by atoms with Gasteiger partial charge in [-0.15, -0.1) is 11.6 Å². The summed E-state index contributed by atoms with van der Waals surface area (Å²) in [5.41, 5.74) is 2.32. The molecule has 0 saturated heterocycles. The van der Waals surface area contributed by atoms with Crippen molar-refractivity contribution in [3.63, 3.8) is 0 Å². The van der Waals surface area contributed by atoms with E-state index >= 15 is 0 Å². The van der Waals surface area contributed by atoms with Crippen molar-refractivity contribution in [2.24, 2.45) is 10.9 Å². The van der Waals surface area contributed by atoms with E-state index < -0.39 is 0 Å². The van der Waals surface area contributed by atoms with Crippen LogP contribution in [0.15, 0.2) is 65.7 Å². The molecule has 1 aliphatic rings. The Morgan fingerprint density at radius 2 is 2.00 bits per heavy atom. The summed E-state index contributed by atoms with van der Waals surface area (Å²) in [5.74, 6) is 0.932. The molecule has 0 radical (unpaired) electrons. The zero-order chi connectivity index (χ0) is 13.3. The maximum absolute atomic E-state index is 5.68. The summed E-state index contributed by atoms with van der Waals surface area (Å²) in [7, 11) is 0. The highest BCUT2D eigenvalue weighted by atomic mass is 35.5. The summed E-state index contributed by atoms with van der Waals surface area (Å²) in [6, 6.07) is 10.3. The van der Waals surface area contributed by atoms with Gasteiger partial charge in [-0.2, -0.15) is 0 Å². The minimum Gasteiger partial charge on any atom is -0.289 e. The van der Waals surface area contributed by atoms with Crippen LogP contribution in [-0.2, 0) is 0 Å². The van der Waals surface area contributed by atoms with Gasteiger partial charge in [-0.25, -0.2) is 0 Å². The number of hydrogen-bond donors (Lipinski definition) is 0. The number of nitrogens with zero attached hydrogens (tertiary/aromatic N) is 1. The second-order valence-electron chi connectivity index (χ2n) is 4.39. The molecule has 1 unspecified atom stereocenters. The van der Waals surface area contributed by atoms with Gasteiger partial charge in [0.25, 0.3) is 0 Å². The predicted octanol–water partition coefficient (Wildman–Crippen LogP) is 4.51. The lowest BCUT2D eigenvalue weighted by Gasteiger charge is -2.11. The van der Waals surface area contributed by atoms with Crippen molar-refractivity contribution in [3.8, 4) is 0 Å². The average molecular weight is 272 g/mol. The Morgan fingerprint density at radius 3 is 2.79 bits per heavy atom. The second kappa shape index (κ2) is 7.75. The molecule has 2 heteroatoms. The maximum Gasteiger partial charge on any atom is 0.0455 e. The van der Waals surface area contributed by atoms with Crippen molar-refractivity contribution in [1.82, 2.24) is 0 Å². The highest BCUT2D eigenvalue weighted by Crippen LogP contribution is 2.14. The summed E-state index contributed by atoms with van der Waals surface area (Å²) >= 11 is 5.68. The van der Waals surface area contributed by atoms with E-state index in [9.17, 15) is 0 Å². The Morgan fingerprint density at radius 1 is 1.16 bits per heavy atom. The Kier molecular flexibility index (Phi) is 5.64. The van der Waals surface area contributed by atoms with Gasteiger partial charge >= 0.3 is 0 Å². The molecular formula is C17H18ClN. The number of benzene rings is 1. The number of hydrogen-bond acceptors (Lipinski definition) is 1. The molecule has 98 valence electrons. The van der Waals surface area contributed by atoms with Crippen molar-refractivity contribution in [2.75, 3.05) is 12.4 Å². The smallest absolute Gasteiger partial charge is 0.0455 e. The van der Waals surface area contributed by atoms with Crippen molar-refractivity contribution in [1.29, 1.82) is 0 Å². The molecule has 0 amide bonds. The van der Waals surface area contributed by atoms with E-state index in [2.05, 4.69) is 47.5 Å². The third-order valence-corrected chi connectivity index (χ3v) is 3.19. The molecule has 0 aliphatic heterocycles. The Labute approximate surface area is 120 Å². The SMILES string of the molecule is ClCCCN=C1C=CC=CC1C=Cc1ccccc1. The van der Waals surface area contributed by atoms with E-state index in [1.807, 2.05) is 24.3 Å². The fraction of sp³-hybridized carbons (Fsp3) is 0.235. The van der Waals surface area contributed by atoms with Crippen LogP contribution >= 0.6 is 11.6 Å². The zero-order valence-electron chi connectivity index (χ0n) is 10.9. The van der Waals surface area contributed by atoms with Crippen LogP contribution in [0.5, 0.6) is 0 Å². The van der Waals surface area contributed by atoms with E-state index in [0.29, 0.717) is 5.88 Å². The molecule has 0 heterocycles. The van der Waals surface area contributed by atoms with Crippen LogP contribution < -0.4 is 0 Å². The number of aliphatic imine (C=N–C) groups is 1. The minimum absolute atomic E-state index is 0.264. The summed E-state index contributed by atoms with van der Waals surface area (Å²) in [4.78, 5) is 4.61. The number of alkyl halides is 1. The van der Waals surface area contributed by atoms with Crippen molar-refractivity contribution < 1.29 is 0 Å². The maximum atomic E-state index is 5.68. The van der Waals surface area contributed by atoms with Crippen molar-refractivity contribution >= 4 is 23.4 Å². The lowest BCUT2D eigenvalue weighted by molar-refractivity contribution is 0.926. The summed E-state index contributed by atoms with van der Waals surface area (Å²) in [5, 5.41) is 0. The lowest BCUT2D eigenvalue weighted by atomic mass is 9.97. The molecule has 0 N–H and O–H groups in total. The van der Waals surface area contributed by atoms with Crippen molar-refractivity contribution in [2.45, 2.75) is 6.42 Å². The van der Waals surface area contributed by atoms with E-state index in [-0.39, 0.29) is 5.92 Å². The van der Waals surface area contributed by atoms with Gasteiger partial charge in [-0.05, 0) is 18.1 Å². The third kappa shape index (κ3) is 4.53. The molecule has 1 aliphatic carbocycles. The Hall–Kier alpha value is -1.60. The van der Waals surface area contributed by atoms with Gasteiger partial charge < -0.3 is 0 Å². The van der Waals surface area contributed by atoms with Crippen LogP contribution in [0, 0.1) is 5.92 Å². The van der Waals surface area contributed by atoms with Gasteiger partial charge in [0.1, 0.15) is 0 Å². The molecule has 0 saturated carbocycles. The van der Waals surface area contributed by atoms with Crippen molar-refractivity contribution in [3.05, 3.63) is 66.3 Å². The number of rotatable bonds is 5. The van der Waals surface area contributed by atoms with E-state index in [4.69, 9.17) is 11.6 Å². The molecule has 1 nitrogen and oxygen atoms in total. The molecule has 0 bridgehead atoms. The third-order valence-electron chi connectivity index (χ3n) is 2.92. The number of allylic oxidation sites excluding steroid dienone is 5. The first kappa shape index (κ1) is 13.8. The largest absolute Gasteiger partial charge is 0.289 e. The molecule has 1 atom stereocenters.